The van der Waals surface area contributed by atoms with E-state index in [9.17, 15) is 4.79 Å². The highest BCUT2D eigenvalue weighted by Gasteiger charge is 2.10. The van der Waals surface area contributed by atoms with Gasteiger partial charge in [-0.25, -0.2) is 0 Å². The van der Waals surface area contributed by atoms with Crippen molar-refractivity contribution in [1.82, 2.24) is 0 Å². The Bertz CT molecular complexity index is 300. The van der Waals surface area contributed by atoms with Gasteiger partial charge in [0.25, 0.3) is 0 Å². The van der Waals surface area contributed by atoms with Gasteiger partial charge in [-0.1, -0.05) is 18.2 Å². The van der Waals surface area contributed by atoms with Crippen LogP contribution in [-0.2, 0) is 9.53 Å². The van der Waals surface area contributed by atoms with Crippen LogP contribution < -0.4 is 0 Å². The van der Waals surface area contributed by atoms with E-state index in [0.29, 0.717) is 0 Å². The number of hydrogen-bond donors (Lipinski definition) is 1. The summed E-state index contributed by atoms with van der Waals surface area (Å²) < 4.78 is 4.85. The van der Waals surface area contributed by atoms with Crippen molar-refractivity contribution in [3.8, 4) is 0 Å². The van der Waals surface area contributed by atoms with Crippen LogP contribution in [0.5, 0.6) is 0 Å². The number of hydrogen-bond acceptors (Lipinski definition) is 4. The maximum absolute atomic E-state index is 10.6. The van der Waals surface area contributed by atoms with Gasteiger partial charge >= 0.3 is 5.97 Å². The van der Waals surface area contributed by atoms with Gasteiger partial charge in [0.1, 0.15) is 6.61 Å². The Morgan fingerprint density at radius 3 is 2.67 bits per heavy atom. The molecule has 15 heavy (non-hydrogen) atoms. The molecule has 0 aliphatic rings. The second-order valence-corrected chi connectivity index (χ2v) is 4.41. The molecule has 0 heterocycles. The molecule has 0 aliphatic carbocycles. The second-order valence-electron chi connectivity index (χ2n) is 3.04. The number of benzene rings is 1. The summed E-state index contributed by atoms with van der Waals surface area (Å²) in [5.74, 6) is -0.317. The predicted octanol–water partition coefficient (Wildman–Crippen LogP) is 1.70. The Labute approximate surface area is 93.4 Å². The molecular formula is C11H14O3S. The molecule has 0 aromatic heterocycles. The molecular weight excluding hydrogens is 212 g/mol. The fourth-order valence-corrected chi connectivity index (χ4v) is 1.94. The normalized spacial score (nSPS) is 12.1. The number of ether oxygens (including phenoxy) is 1. The Kier molecular flexibility index (Phi) is 5.21. The molecule has 1 aromatic rings. The first-order valence-corrected chi connectivity index (χ1v) is 5.56. The molecule has 0 saturated carbocycles. The first-order chi connectivity index (χ1) is 7.22. The lowest BCUT2D eigenvalue weighted by Gasteiger charge is -2.13. The van der Waals surface area contributed by atoms with E-state index in [0.717, 1.165) is 4.90 Å². The van der Waals surface area contributed by atoms with E-state index in [1.54, 1.807) is 0 Å². The van der Waals surface area contributed by atoms with Crippen molar-refractivity contribution < 1.29 is 14.6 Å². The van der Waals surface area contributed by atoms with Gasteiger partial charge in [-0.15, -0.1) is 11.8 Å². The third kappa shape index (κ3) is 4.85. The maximum Gasteiger partial charge on any atom is 0.302 e. The fraction of sp³-hybridized carbons (Fsp3) is 0.364. The zero-order valence-corrected chi connectivity index (χ0v) is 9.37. The molecule has 82 valence electrons. The van der Waals surface area contributed by atoms with Gasteiger partial charge < -0.3 is 9.84 Å². The molecule has 0 radical (unpaired) electrons. The standard InChI is InChI=1S/C11H14O3S/c1-9(13)14-8-11(7-12)15-10-5-3-2-4-6-10/h2-6,11-12H,7-8H2,1H3. The quantitative estimate of drug-likeness (QED) is 0.613. The van der Waals surface area contributed by atoms with E-state index in [-0.39, 0.29) is 24.4 Å². The van der Waals surface area contributed by atoms with Gasteiger partial charge in [-0.05, 0) is 12.1 Å². The molecule has 3 nitrogen and oxygen atoms in total. The van der Waals surface area contributed by atoms with Crippen molar-refractivity contribution in [1.29, 1.82) is 0 Å². The molecule has 1 N–H and O–H groups in total. The maximum atomic E-state index is 10.6. The first-order valence-electron chi connectivity index (χ1n) is 4.68. The van der Waals surface area contributed by atoms with Crippen molar-refractivity contribution in [2.24, 2.45) is 0 Å². The Morgan fingerprint density at radius 2 is 2.13 bits per heavy atom. The summed E-state index contributed by atoms with van der Waals surface area (Å²) >= 11 is 1.50. The largest absolute Gasteiger partial charge is 0.465 e. The lowest BCUT2D eigenvalue weighted by atomic mass is 10.4. The van der Waals surface area contributed by atoms with Crippen LogP contribution in [0.1, 0.15) is 6.92 Å². The third-order valence-corrected chi connectivity index (χ3v) is 2.88. The SMILES string of the molecule is CC(=O)OCC(CO)Sc1ccccc1. The van der Waals surface area contributed by atoms with Crippen LogP contribution in [0.3, 0.4) is 0 Å². The van der Waals surface area contributed by atoms with E-state index in [2.05, 4.69) is 0 Å². The lowest BCUT2D eigenvalue weighted by molar-refractivity contribution is -0.141. The highest BCUT2D eigenvalue weighted by Crippen LogP contribution is 2.22. The van der Waals surface area contributed by atoms with Gasteiger partial charge in [0.05, 0.1) is 11.9 Å². The number of rotatable bonds is 5. The van der Waals surface area contributed by atoms with E-state index in [4.69, 9.17) is 9.84 Å². The highest BCUT2D eigenvalue weighted by molar-refractivity contribution is 8.00. The lowest BCUT2D eigenvalue weighted by Crippen LogP contribution is -2.18. The van der Waals surface area contributed by atoms with Gasteiger partial charge in [0.2, 0.25) is 0 Å². The topological polar surface area (TPSA) is 46.5 Å². The molecule has 1 unspecified atom stereocenters. The minimum absolute atomic E-state index is 0.00710. The van der Waals surface area contributed by atoms with Crippen LogP contribution >= 0.6 is 11.8 Å². The summed E-state index contributed by atoms with van der Waals surface area (Å²) in [5.41, 5.74) is 0. The van der Waals surface area contributed by atoms with Gasteiger partial charge in [0, 0.05) is 11.8 Å². The third-order valence-electron chi connectivity index (χ3n) is 1.72. The molecule has 0 bridgehead atoms. The number of aliphatic hydroxyl groups is 1. The van der Waals surface area contributed by atoms with Gasteiger partial charge in [-0.3, -0.25) is 4.79 Å². The summed E-state index contributed by atoms with van der Waals surface area (Å²) in [6.45, 7) is 1.60. The first kappa shape index (κ1) is 12.1. The monoisotopic (exact) mass is 226 g/mol. The molecule has 0 saturated heterocycles. The summed E-state index contributed by atoms with van der Waals surface area (Å²) in [7, 11) is 0. The van der Waals surface area contributed by atoms with E-state index < -0.39 is 0 Å². The van der Waals surface area contributed by atoms with Crippen LogP contribution in [0, 0.1) is 0 Å². The number of aliphatic hydroxyl groups excluding tert-OH is 1. The zero-order valence-electron chi connectivity index (χ0n) is 8.55. The molecule has 4 heteroatoms. The predicted molar refractivity (Wildman–Crippen MR) is 59.8 cm³/mol. The summed E-state index contributed by atoms with van der Waals surface area (Å²) in [6.07, 6.45) is 0. The number of carbonyl (C=O) groups is 1. The zero-order chi connectivity index (χ0) is 11.1. The molecule has 0 spiro atoms. The number of carbonyl (C=O) groups excluding carboxylic acids is 1. The molecule has 1 rings (SSSR count). The minimum atomic E-state index is -0.317. The van der Waals surface area contributed by atoms with Crippen molar-refractivity contribution in [3.05, 3.63) is 30.3 Å². The highest BCUT2D eigenvalue weighted by atomic mass is 32.2. The van der Waals surface area contributed by atoms with Crippen LogP contribution in [-0.4, -0.2) is 29.5 Å². The molecule has 0 aliphatic heterocycles. The molecule has 0 amide bonds. The summed E-state index contributed by atoms with van der Waals surface area (Å²) in [5, 5.41) is 8.99. The Hall–Kier alpha value is -1.00. The van der Waals surface area contributed by atoms with Gasteiger partial charge in [-0.2, -0.15) is 0 Å². The van der Waals surface area contributed by atoms with Crippen molar-refractivity contribution in [3.63, 3.8) is 0 Å². The van der Waals surface area contributed by atoms with Crippen molar-refractivity contribution >= 4 is 17.7 Å². The van der Waals surface area contributed by atoms with E-state index in [1.165, 1.54) is 18.7 Å². The molecule has 1 aromatic carbocycles. The van der Waals surface area contributed by atoms with Crippen molar-refractivity contribution in [2.75, 3.05) is 13.2 Å². The summed E-state index contributed by atoms with van der Waals surface area (Å²) in [6, 6.07) is 9.72. The molecule has 1 atom stereocenters. The summed E-state index contributed by atoms with van der Waals surface area (Å²) in [4.78, 5) is 11.7. The van der Waals surface area contributed by atoms with E-state index in [1.807, 2.05) is 30.3 Å². The Morgan fingerprint density at radius 1 is 1.47 bits per heavy atom. The van der Waals surface area contributed by atoms with E-state index >= 15 is 0 Å². The minimum Gasteiger partial charge on any atom is -0.465 e. The van der Waals surface area contributed by atoms with Crippen LogP contribution in [0.4, 0.5) is 0 Å². The van der Waals surface area contributed by atoms with Crippen molar-refractivity contribution in [2.45, 2.75) is 17.1 Å². The van der Waals surface area contributed by atoms with Gasteiger partial charge in [0.15, 0.2) is 0 Å². The van der Waals surface area contributed by atoms with Crippen LogP contribution in [0.2, 0.25) is 0 Å². The molecule has 0 fully saturated rings. The smallest absolute Gasteiger partial charge is 0.302 e. The van der Waals surface area contributed by atoms with Crippen LogP contribution in [0.25, 0.3) is 0 Å². The number of thioether (sulfide) groups is 1. The average Bonchev–Trinajstić information content (AvgIpc) is 2.25. The number of esters is 1. The second kappa shape index (κ2) is 6.48. The average molecular weight is 226 g/mol. The Balaban J connectivity index is 2.43. The fourth-order valence-electron chi connectivity index (χ4n) is 1.03. The van der Waals surface area contributed by atoms with Crippen LogP contribution in [0.15, 0.2) is 35.2 Å².